The molecule has 1 aromatic heterocycles. The highest BCUT2D eigenvalue weighted by Gasteiger charge is 2.25. The molecule has 1 aromatic carbocycles. The first-order valence-electron chi connectivity index (χ1n) is 10.3. The van der Waals surface area contributed by atoms with Crippen molar-refractivity contribution in [1.82, 2.24) is 9.55 Å². The zero-order valence-electron chi connectivity index (χ0n) is 17.0. The average molecular weight is 414 g/mol. The molecule has 1 N–H and O–H groups in total. The number of hydrogen-bond donors (Lipinski definition) is 1. The lowest BCUT2D eigenvalue weighted by Gasteiger charge is -2.17. The fourth-order valence-corrected chi connectivity index (χ4v) is 5.04. The van der Waals surface area contributed by atoms with E-state index in [0.29, 0.717) is 11.6 Å². The van der Waals surface area contributed by atoms with Crippen LogP contribution < -0.4 is 11.0 Å². The molecule has 2 aromatic rings. The van der Waals surface area contributed by atoms with E-state index >= 15 is 0 Å². The van der Waals surface area contributed by atoms with Crippen molar-refractivity contribution < 1.29 is 9.53 Å². The van der Waals surface area contributed by atoms with Gasteiger partial charge in [-0.25, -0.2) is 4.79 Å². The van der Waals surface area contributed by atoms with Crippen LogP contribution >= 0.6 is 11.8 Å². The molecule has 2 heterocycles. The van der Waals surface area contributed by atoms with Crippen LogP contribution in [-0.2, 0) is 28.9 Å². The highest BCUT2D eigenvalue weighted by molar-refractivity contribution is 8.00. The van der Waals surface area contributed by atoms with Crippen molar-refractivity contribution >= 4 is 23.4 Å². The zero-order valence-corrected chi connectivity index (χ0v) is 17.8. The van der Waals surface area contributed by atoms with Crippen molar-refractivity contribution in [3.63, 3.8) is 0 Å². The summed E-state index contributed by atoms with van der Waals surface area (Å²) in [5.41, 5.74) is 5.02. The normalized spacial score (nSPS) is 18.1. The van der Waals surface area contributed by atoms with E-state index in [1.165, 1.54) is 17.3 Å². The Labute approximate surface area is 175 Å². The number of anilines is 1. The number of amides is 1. The Morgan fingerprint density at radius 2 is 2.17 bits per heavy atom. The summed E-state index contributed by atoms with van der Waals surface area (Å²) in [5, 5.41) is 3.67. The monoisotopic (exact) mass is 413 g/mol. The number of nitrogens with one attached hydrogen (secondary N) is 1. The third kappa shape index (κ3) is 4.56. The highest BCUT2D eigenvalue weighted by atomic mass is 32.2. The number of ether oxygens (including phenoxy) is 1. The molecule has 4 rings (SSSR count). The van der Waals surface area contributed by atoms with Gasteiger partial charge in [0, 0.05) is 23.6 Å². The Bertz CT molecular complexity index is 980. The molecule has 0 radical (unpaired) electrons. The Hall–Kier alpha value is -2.12. The molecular weight excluding hydrogens is 386 g/mol. The van der Waals surface area contributed by atoms with Crippen LogP contribution in [0.3, 0.4) is 0 Å². The molecule has 1 fully saturated rings. The highest BCUT2D eigenvalue weighted by Crippen LogP contribution is 2.30. The van der Waals surface area contributed by atoms with Gasteiger partial charge < -0.3 is 10.1 Å². The number of carbonyl (C=O) groups excluding carboxylic acids is 1. The molecule has 1 unspecified atom stereocenters. The molecule has 154 valence electrons. The van der Waals surface area contributed by atoms with E-state index in [4.69, 9.17) is 4.74 Å². The first kappa shape index (κ1) is 20.2. The lowest BCUT2D eigenvalue weighted by Crippen LogP contribution is -2.31. The van der Waals surface area contributed by atoms with Gasteiger partial charge in [0.25, 0.3) is 0 Å². The van der Waals surface area contributed by atoms with Gasteiger partial charge >= 0.3 is 5.69 Å². The van der Waals surface area contributed by atoms with E-state index in [2.05, 4.69) is 10.3 Å². The van der Waals surface area contributed by atoms with Gasteiger partial charge in [0.15, 0.2) is 0 Å². The van der Waals surface area contributed by atoms with Crippen molar-refractivity contribution in [2.45, 2.75) is 63.6 Å². The smallest absolute Gasteiger partial charge is 0.348 e. The molecule has 0 bridgehead atoms. The number of carbonyl (C=O) groups is 1. The van der Waals surface area contributed by atoms with E-state index in [0.717, 1.165) is 61.2 Å². The SMILES string of the molecule is Cc1ccc(NC(=O)CSc2nc(=O)n(CC3CCCO3)c3c2CCC3)c(C)c1. The van der Waals surface area contributed by atoms with E-state index in [9.17, 15) is 9.59 Å². The Morgan fingerprint density at radius 1 is 1.31 bits per heavy atom. The summed E-state index contributed by atoms with van der Waals surface area (Å²) in [6.07, 6.45) is 4.99. The van der Waals surface area contributed by atoms with Gasteiger partial charge in [-0.2, -0.15) is 4.98 Å². The van der Waals surface area contributed by atoms with Gasteiger partial charge in [-0.15, -0.1) is 0 Å². The Morgan fingerprint density at radius 3 is 2.93 bits per heavy atom. The fourth-order valence-electron chi connectivity index (χ4n) is 4.16. The fraction of sp³-hybridized carbons (Fsp3) is 0.500. The Kier molecular flexibility index (Phi) is 6.06. The number of hydrogen-bond acceptors (Lipinski definition) is 5. The predicted octanol–water partition coefficient (Wildman–Crippen LogP) is 3.26. The second-order valence-electron chi connectivity index (χ2n) is 7.88. The molecule has 29 heavy (non-hydrogen) atoms. The predicted molar refractivity (Wildman–Crippen MR) is 115 cm³/mol. The maximum atomic E-state index is 12.7. The minimum atomic E-state index is -0.224. The number of thioether (sulfide) groups is 1. The molecule has 1 atom stereocenters. The largest absolute Gasteiger partial charge is 0.376 e. The minimum absolute atomic E-state index is 0.0842. The minimum Gasteiger partial charge on any atom is -0.376 e. The number of nitrogens with zero attached hydrogens (tertiary/aromatic N) is 2. The third-order valence-corrected chi connectivity index (χ3v) is 6.62. The number of aryl methyl sites for hydroxylation is 2. The van der Waals surface area contributed by atoms with Crippen molar-refractivity contribution in [2.24, 2.45) is 0 Å². The van der Waals surface area contributed by atoms with E-state index in [1.807, 2.05) is 32.0 Å². The van der Waals surface area contributed by atoms with Crippen LogP contribution in [0.4, 0.5) is 5.69 Å². The quantitative estimate of drug-likeness (QED) is 0.581. The second kappa shape index (κ2) is 8.71. The molecule has 1 aliphatic heterocycles. The van der Waals surface area contributed by atoms with Crippen LogP contribution in [0.1, 0.15) is 41.6 Å². The van der Waals surface area contributed by atoms with Crippen LogP contribution in [0.25, 0.3) is 0 Å². The van der Waals surface area contributed by atoms with E-state index in [1.54, 1.807) is 4.57 Å². The molecule has 0 saturated carbocycles. The number of fused-ring (bicyclic) bond motifs is 1. The van der Waals surface area contributed by atoms with Crippen molar-refractivity contribution in [2.75, 3.05) is 17.7 Å². The molecule has 1 amide bonds. The molecule has 7 heteroatoms. The third-order valence-electron chi connectivity index (χ3n) is 5.61. The number of benzene rings is 1. The summed E-state index contributed by atoms with van der Waals surface area (Å²) >= 11 is 1.36. The standard InChI is InChI=1S/C22H27N3O3S/c1-14-8-9-18(15(2)11-14)23-20(26)13-29-21-17-6-3-7-19(17)25(22(27)24-21)12-16-5-4-10-28-16/h8-9,11,16H,3-7,10,12-13H2,1-2H3,(H,23,26). The first-order chi connectivity index (χ1) is 14.0. The lowest BCUT2D eigenvalue weighted by molar-refractivity contribution is -0.113. The molecule has 1 aliphatic carbocycles. The van der Waals surface area contributed by atoms with Gasteiger partial charge in [-0.3, -0.25) is 9.36 Å². The van der Waals surface area contributed by atoms with Gasteiger partial charge in [0.1, 0.15) is 5.03 Å². The zero-order chi connectivity index (χ0) is 20.4. The molecule has 0 spiro atoms. The molecule has 1 saturated heterocycles. The van der Waals surface area contributed by atoms with Crippen molar-refractivity contribution in [1.29, 1.82) is 0 Å². The molecule has 2 aliphatic rings. The van der Waals surface area contributed by atoms with Gasteiger partial charge in [0.05, 0.1) is 18.4 Å². The number of rotatable bonds is 6. The second-order valence-corrected chi connectivity index (χ2v) is 8.84. The summed E-state index contributed by atoms with van der Waals surface area (Å²) in [6.45, 7) is 5.38. The lowest BCUT2D eigenvalue weighted by atomic mass is 10.1. The number of aromatic nitrogens is 2. The van der Waals surface area contributed by atoms with Crippen LogP contribution in [0, 0.1) is 13.8 Å². The molecular formula is C22H27N3O3S. The van der Waals surface area contributed by atoms with E-state index in [-0.39, 0.29) is 23.5 Å². The van der Waals surface area contributed by atoms with Crippen molar-refractivity contribution in [3.05, 3.63) is 51.1 Å². The van der Waals surface area contributed by atoms with Gasteiger partial charge in [-0.05, 0) is 57.6 Å². The van der Waals surface area contributed by atoms with Crippen LogP contribution in [-0.4, -0.2) is 33.9 Å². The van der Waals surface area contributed by atoms with Gasteiger partial charge in [0.2, 0.25) is 5.91 Å². The van der Waals surface area contributed by atoms with E-state index < -0.39 is 0 Å². The summed E-state index contributed by atoms with van der Waals surface area (Å²) in [6, 6.07) is 5.96. The summed E-state index contributed by atoms with van der Waals surface area (Å²) < 4.78 is 7.51. The Balaban J connectivity index is 1.46. The average Bonchev–Trinajstić information content (AvgIpc) is 3.36. The van der Waals surface area contributed by atoms with Crippen molar-refractivity contribution in [3.8, 4) is 0 Å². The van der Waals surface area contributed by atoms with Crippen LogP contribution in [0.15, 0.2) is 28.0 Å². The van der Waals surface area contributed by atoms with Crippen LogP contribution in [0.5, 0.6) is 0 Å². The maximum Gasteiger partial charge on any atom is 0.348 e. The molecule has 6 nitrogen and oxygen atoms in total. The topological polar surface area (TPSA) is 73.2 Å². The van der Waals surface area contributed by atoms with Gasteiger partial charge in [-0.1, -0.05) is 29.5 Å². The summed E-state index contributed by atoms with van der Waals surface area (Å²) in [5.74, 6) is 0.154. The van der Waals surface area contributed by atoms with Crippen LogP contribution in [0.2, 0.25) is 0 Å². The summed E-state index contributed by atoms with van der Waals surface area (Å²) in [4.78, 5) is 29.5. The summed E-state index contributed by atoms with van der Waals surface area (Å²) in [7, 11) is 0. The maximum absolute atomic E-state index is 12.7. The first-order valence-corrected chi connectivity index (χ1v) is 11.2.